The van der Waals surface area contributed by atoms with Gasteiger partial charge in [-0.05, 0) is 23.8 Å². The molecule has 0 aliphatic carbocycles. The SMILES string of the molecule is OCc1c2ccc(Br)cc2nn1Cc1ccccc1. The number of halogens is 1. The van der Waals surface area contributed by atoms with Crippen LogP contribution >= 0.6 is 15.9 Å². The van der Waals surface area contributed by atoms with Crippen molar-refractivity contribution in [3.05, 3.63) is 64.3 Å². The number of aromatic nitrogens is 2. The predicted octanol–water partition coefficient (Wildman–Crippen LogP) is 3.34. The van der Waals surface area contributed by atoms with E-state index in [1.165, 1.54) is 5.56 Å². The topological polar surface area (TPSA) is 38.1 Å². The lowest BCUT2D eigenvalue weighted by Crippen LogP contribution is -2.06. The molecule has 0 spiro atoms. The predicted molar refractivity (Wildman–Crippen MR) is 78.9 cm³/mol. The summed E-state index contributed by atoms with van der Waals surface area (Å²) in [5, 5.41) is 15.1. The third-order valence-electron chi connectivity index (χ3n) is 3.14. The summed E-state index contributed by atoms with van der Waals surface area (Å²) in [5.41, 5.74) is 2.92. The highest BCUT2D eigenvalue weighted by Gasteiger charge is 2.10. The van der Waals surface area contributed by atoms with E-state index in [1.54, 1.807) is 0 Å². The van der Waals surface area contributed by atoms with Crippen molar-refractivity contribution in [3.8, 4) is 0 Å². The van der Waals surface area contributed by atoms with Gasteiger partial charge < -0.3 is 5.11 Å². The van der Waals surface area contributed by atoms with Gasteiger partial charge in [-0.2, -0.15) is 5.10 Å². The van der Waals surface area contributed by atoms with Crippen LogP contribution in [0.1, 0.15) is 11.3 Å². The van der Waals surface area contributed by atoms with Crippen molar-refractivity contribution >= 4 is 26.8 Å². The van der Waals surface area contributed by atoms with E-state index in [1.807, 2.05) is 41.1 Å². The Bertz CT molecular complexity index is 707. The fourth-order valence-corrected chi connectivity index (χ4v) is 2.56. The van der Waals surface area contributed by atoms with Gasteiger partial charge in [-0.15, -0.1) is 0 Å². The van der Waals surface area contributed by atoms with Crippen LogP contribution in [-0.2, 0) is 13.2 Å². The molecule has 0 unspecified atom stereocenters. The van der Waals surface area contributed by atoms with E-state index in [0.29, 0.717) is 6.54 Å². The van der Waals surface area contributed by atoms with Gasteiger partial charge in [-0.3, -0.25) is 4.68 Å². The van der Waals surface area contributed by atoms with E-state index in [0.717, 1.165) is 21.1 Å². The number of hydrogen-bond donors (Lipinski definition) is 1. The number of rotatable bonds is 3. The largest absolute Gasteiger partial charge is 0.390 e. The van der Waals surface area contributed by atoms with Crippen molar-refractivity contribution in [2.75, 3.05) is 0 Å². The minimum atomic E-state index is -0.00896. The smallest absolute Gasteiger partial charge is 0.0938 e. The van der Waals surface area contributed by atoms with Gasteiger partial charge in [0.05, 0.1) is 24.4 Å². The molecule has 1 N–H and O–H groups in total. The Balaban J connectivity index is 2.08. The molecular weight excluding hydrogens is 304 g/mol. The minimum absolute atomic E-state index is 0.00896. The molecule has 0 amide bonds. The summed E-state index contributed by atoms with van der Waals surface area (Å²) in [6.07, 6.45) is 0. The maximum Gasteiger partial charge on any atom is 0.0938 e. The summed E-state index contributed by atoms with van der Waals surface area (Å²) in [7, 11) is 0. The molecular formula is C15H13BrN2O. The van der Waals surface area contributed by atoms with Gasteiger partial charge in [0.15, 0.2) is 0 Å². The summed E-state index contributed by atoms with van der Waals surface area (Å²) in [6.45, 7) is 0.661. The summed E-state index contributed by atoms with van der Waals surface area (Å²) >= 11 is 3.44. The van der Waals surface area contributed by atoms with Crippen molar-refractivity contribution in [2.24, 2.45) is 0 Å². The van der Waals surface area contributed by atoms with Gasteiger partial charge in [0.2, 0.25) is 0 Å². The second-order valence-electron chi connectivity index (χ2n) is 4.41. The maximum absolute atomic E-state index is 9.58. The minimum Gasteiger partial charge on any atom is -0.390 e. The Morgan fingerprint density at radius 2 is 1.89 bits per heavy atom. The average molecular weight is 317 g/mol. The first-order valence-corrected chi connectivity index (χ1v) is 6.87. The van der Waals surface area contributed by atoms with Gasteiger partial charge in [0.1, 0.15) is 0 Å². The van der Waals surface area contributed by atoms with E-state index < -0.39 is 0 Å². The molecule has 0 fully saturated rings. The maximum atomic E-state index is 9.58. The van der Waals surface area contributed by atoms with Crippen LogP contribution in [0.4, 0.5) is 0 Å². The van der Waals surface area contributed by atoms with Crippen LogP contribution in [0.25, 0.3) is 10.9 Å². The zero-order valence-electron chi connectivity index (χ0n) is 10.3. The number of fused-ring (bicyclic) bond motifs is 1. The highest BCUT2D eigenvalue weighted by Crippen LogP contribution is 2.23. The summed E-state index contributed by atoms with van der Waals surface area (Å²) < 4.78 is 2.86. The molecule has 0 radical (unpaired) electrons. The highest BCUT2D eigenvalue weighted by atomic mass is 79.9. The molecule has 0 saturated carbocycles. The molecule has 0 aliphatic heterocycles. The third kappa shape index (κ3) is 2.41. The molecule has 0 atom stereocenters. The van der Waals surface area contributed by atoms with Gasteiger partial charge in [-0.25, -0.2) is 0 Å². The first kappa shape index (κ1) is 12.4. The lowest BCUT2D eigenvalue weighted by atomic mass is 10.2. The second kappa shape index (κ2) is 5.15. The second-order valence-corrected chi connectivity index (χ2v) is 5.33. The lowest BCUT2D eigenvalue weighted by molar-refractivity contribution is 0.270. The monoisotopic (exact) mass is 316 g/mol. The molecule has 2 aromatic carbocycles. The van der Waals surface area contributed by atoms with Crippen LogP contribution in [0.5, 0.6) is 0 Å². The summed E-state index contributed by atoms with van der Waals surface area (Å²) in [5.74, 6) is 0. The number of aliphatic hydroxyl groups is 1. The number of benzene rings is 2. The molecule has 0 aliphatic rings. The first-order chi connectivity index (χ1) is 9.28. The standard InChI is InChI=1S/C15H13BrN2O/c16-12-6-7-13-14(8-12)17-18(15(13)10-19)9-11-4-2-1-3-5-11/h1-8,19H,9-10H2. The first-order valence-electron chi connectivity index (χ1n) is 6.07. The molecule has 1 aromatic heterocycles. The molecule has 0 saturated heterocycles. The van der Waals surface area contributed by atoms with Crippen LogP contribution in [0.2, 0.25) is 0 Å². The van der Waals surface area contributed by atoms with E-state index in [9.17, 15) is 5.11 Å². The van der Waals surface area contributed by atoms with Gasteiger partial charge >= 0.3 is 0 Å². The van der Waals surface area contributed by atoms with Crippen molar-refractivity contribution in [2.45, 2.75) is 13.2 Å². The highest BCUT2D eigenvalue weighted by molar-refractivity contribution is 9.10. The number of aliphatic hydroxyl groups excluding tert-OH is 1. The normalized spacial score (nSPS) is 11.1. The van der Waals surface area contributed by atoms with Crippen LogP contribution < -0.4 is 0 Å². The van der Waals surface area contributed by atoms with Crippen LogP contribution in [0.15, 0.2) is 53.0 Å². The quantitative estimate of drug-likeness (QED) is 0.804. The molecule has 1 heterocycles. The van der Waals surface area contributed by atoms with E-state index >= 15 is 0 Å². The van der Waals surface area contributed by atoms with Crippen molar-refractivity contribution in [1.82, 2.24) is 9.78 Å². The summed E-state index contributed by atoms with van der Waals surface area (Å²) in [4.78, 5) is 0. The molecule has 3 nitrogen and oxygen atoms in total. The van der Waals surface area contributed by atoms with Crippen LogP contribution in [0.3, 0.4) is 0 Å². The fourth-order valence-electron chi connectivity index (χ4n) is 2.21. The lowest BCUT2D eigenvalue weighted by Gasteiger charge is -2.05. The molecule has 19 heavy (non-hydrogen) atoms. The Labute approximate surface area is 119 Å². The number of nitrogens with zero attached hydrogens (tertiary/aromatic N) is 2. The van der Waals surface area contributed by atoms with E-state index in [4.69, 9.17) is 0 Å². The third-order valence-corrected chi connectivity index (χ3v) is 3.63. The van der Waals surface area contributed by atoms with Gasteiger partial charge in [0.25, 0.3) is 0 Å². The zero-order valence-corrected chi connectivity index (χ0v) is 11.8. The van der Waals surface area contributed by atoms with Crippen molar-refractivity contribution in [1.29, 1.82) is 0 Å². The Hall–Kier alpha value is -1.65. The molecule has 0 bridgehead atoms. The number of hydrogen-bond acceptors (Lipinski definition) is 2. The Morgan fingerprint density at radius 1 is 1.11 bits per heavy atom. The van der Waals surface area contributed by atoms with E-state index in [-0.39, 0.29) is 6.61 Å². The van der Waals surface area contributed by atoms with Crippen molar-refractivity contribution < 1.29 is 5.11 Å². The molecule has 3 rings (SSSR count). The fraction of sp³-hybridized carbons (Fsp3) is 0.133. The summed E-state index contributed by atoms with van der Waals surface area (Å²) in [6, 6.07) is 16.0. The Kier molecular flexibility index (Phi) is 3.36. The van der Waals surface area contributed by atoms with Gasteiger partial charge in [-0.1, -0.05) is 46.3 Å². The van der Waals surface area contributed by atoms with Crippen LogP contribution in [-0.4, -0.2) is 14.9 Å². The van der Waals surface area contributed by atoms with Gasteiger partial charge in [0, 0.05) is 9.86 Å². The average Bonchev–Trinajstić information content (AvgIpc) is 2.76. The van der Waals surface area contributed by atoms with E-state index in [2.05, 4.69) is 33.2 Å². The van der Waals surface area contributed by atoms with Crippen molar-refractivity contribution in [3.63, 3.8) is 0 Å². The zero-order chi connectivity index (χ0) is 13.2. The molecule has 4 heteroatoms. The van der Waals surface area contributed by atoms with Crippen LogP contribution in [0, 0.1) is 0 Å². The Morgan fingerprint density at radius 3 is 2.63 bits per heavy atom. The molecule has 3 aromatic rings. The molecule has 96 valence electrons.